The fraction of sp³-hybridized carbons (Fsp3) is 0.364. The second-order valence-corrected chi connectivity index (χ2v) is 6.82. The Kier molecular flexibility index (Phi) is 7.13. The van der Waals surface area contributed by atoms with E-state index in [9.17, 15) is 0 Å². The first-order chi connectivity index (χ1) is 12.8. The van der Waals surface area contributed by atoms with Crippen LogP contribution in [0.2, 0.25) is 0 Å². The van der Waals surface area contributed by atoms with E-state index in [2.05, 4.69) is 54.9 Å². The van der Waals surface area contributed by atoms with E-state index in [0.29, 0.717) is 0 Å². The number of aryl methyl sites for hydroxylation is 3. The Bertz CT molecular complexity index is 829. The van der Waals surface area contributed by atoms with E-state index in [1.807, 2.05) is 50.3 Å². The molecule has 1 atom stereocenters. The molecule has 1 heterocycles. The third-order valence-electron chi connectivity index (χ3n) is 4.45. The Balaban J connectivity index is 2.08. The predicted octanol–water partition coefficient (Wildman–Crippen LogP) is 4.87. The summed E-state index contributed by atoms with van der Waals surface area (Å²) < 4.78 is 0. The summed E-state index contributed by atoms with van der Waals surface area (Å²) >= 11 is 0. The first kappa shape index (κ1) is 20.6. The minimum atomic E-state index is -0.184. The maximum absolute atomic E-state index is 5.77. The van der Waals surface area contributed by atoms with Crippen molar-refractivity contribution in [3.8, 4) is 0 Å². The van der Waals surface area contributed by atoms with Crippen LogP contribution in [0.25, 0.3) is 5.70 Å². The van der Waals surface area contributed by atoms with E-state index in [1.165, 1.54) is 0 Å². The molecule has 5 nitrogen and oxygen atoms in total. The summed E-state index contributed by atoms with van der Waals surface area (Å²) in [5, 5.41) is 0. The predicted molar refractivity (Wildman–Crippen MR) is 113 cm³/mol. The molecule has 2 rings (SSSR count). The van der Waals surface area contributed by atoms with Gasteiger partial charge < -0.3 is 4.90 Å². The highest BCUT2D eigenvalue weighted by molar-refractivity contribution is 5.70. The van der Waals surface area contributed by atoms with Gasteiger partial charge in [-0.25, -0.2) is 4.99 Å². The van der Waals surface area contributed by atoms with Crippen LogP contribution in [0, 0.1) is 20.8 Å². The highest BCUT2D eigenvalue weighted by atomic mass is 16.7. The van der Waals surface area contributed by atoms with E-state index in [4.69, 9.17) is 4.84 Å². The van der Waals surface area contributed by atoms with E-state index in [-0.39, 0.29) is 6.10 Å². The number of aliphatic imine (C=N–C) groups is 1. The number of rotatable bonds is 8. The van der Waals surface area contributed by atoms with Crippen molar-refractivity contribution in [2.75, 3.05) is 13.6 Å². The van der Waals surface area contributed by atoms with Crippen LogP contribution in [-0.4, -0.2) is 29.8 Å². The molecule has 0 saturated carbocycles. The lowest BCUT2D eigenvalue weighted by molar-refractivity contribution is 0.0125. The summed E-state index contributed by atoms with van der Waals surface area (Å²) in [6.07, 6.45) is 1.67. The highest BCUT2D eigenvalue weighted by Gasteiger charge is 2.11. The number of pyridine rings is 1. The van der Waals surface area contributed by atoms with Gasteiger partial charge in [-0.3, -0.25) is 15.3 Å². The molecule has 0 saturated heterocycles. The molecule has 1 aromatic carbocycles. The molecule has 0 radical (unpaired) electrons. The van der Waals surface area contributed by atoms with Crippen molar-refractivity contribution in [2.24, 2.45) is 4.99 Å². The van der Waals surface area contributed by atoms with Crippen LogP contribution in [0.3, 0.4) is 0 Å². The van der Waals surface area contributed by atoms with Crippen molar-refractivity contribution in [1.29, 1.82) is 0 Å². The van der Waals surface area contributed by atoms with Crippen LogP contribution in [0.15, 0.2) is 41.9 Å². The number of nitrogens with one attached hydrogen (secondary N) is 1. The number of hydroxylamine groups is 1. The molecule has 0 aliphatic rings. The van der Waals surface area contributed by atoms with Gasteiger partial charge in [0.15, 0.2) is 0 Å². The molecule has 2 aromatic rings. The molecule has 1 N–H and O–H groups in total. The Labute approximate surface area is 162 Å². The maximum atomic E-state index is 5.77. The van der Waals surface area contributed by atoms with Crippen molar-refractivity contribution in [2.45, 2.75) is 40.7 Å². The van der Waals surface area contributed by atoms with Crippen LogP contribution in [0.4, 0.5) is 5.69 Å². The first-order valence-corrected chi connectivity index (χ1v) is 9.22. The van der Waals surface area contributed by atoms with Crippen LogP contribution < -0.4 is 5.48 Å². The van der Waals surface area contributed by atoms with Crippen LogP contribution in [0.5, 0.6) is 0 Å². The molecule has 0 fully saturated rings. The zero-order chi connectivity index (χ0) is 20.0. The lowest BCUT2D eigenvalue weighted by atomic mass is 10.0. The monoisotopic (exact) mass is 366 g/mol. The third-order valence-corrected chi connectivity index (χ3v) is 4.45. The van der Waals surface area contributed by atoms with Crippen LogP contribution >= 0.6 is 0 Å². The van der Waals surface area contributed by atoms with E-state index in [1.54, 1.807) is 0 Å². The van der Waals surface area contributed by atoms with Gasteiger partial charge in [-0.2, -0.15) is 0 Å². The number of nitrogens with zero attached hydrogens (tertiary/aromatic N) is 3. The Morgan fingerprint density at radius 3 is 2.70 bits per heavy atom. The fourth-order valence-electron chi connectivity index (χ4n) is 2.57. The average molecular weight is 367 g/mol. The second kappa shape index (κ2) is 9.33. The molecule has 0 aliphatic heterocycles. The topological polar surface area (TPSA) is 49.8 Å². The number of hydrogen-bond donors (Lipinski definition) is 1. The van der Waals surface area contributed by atoms with Gasteiger partial charge in [0, 0.05) is 24.8 Å². The SMILES string of the molecule is C=C(NOC(C)c1cccc(C)n1)c1cc(C)c(N=CN(C)CC)cc1C. The van der Waals surface area contributed by atoms with Gasteiger partial charge >= 0.3 is 0 Å². The van der Waals surface area contributed by atoms with Crippen LogP contribution in [0.1, 0.15) is 48.0 Å². The molecule has 0 amide bonds. The van der Waals surface area contributed by atoms with E-state index in [0.717, 1.165) is 46.0 Å². The molecule has 0 aliphatic carbocycles. The normalized spacial score (nSPS) is 12.2. The summed E-state index contributed by atoms with van der Waals surface area (Å²) in [6, 6.07) is 10.1. The van der Waals surface area contributed by atoms with Crippen molar-refractivity contribution in [3.05, 3.63) is 65.0 Å². The smallest absolute Gasteiger partial charge is 0.124 e. The Morgan fingerprint density at radius 2 is 2.04 bits per heavy atom. The minimum absolute atomic E-state index is 0.184. The first-order valence-electron chi connectivity index (χ1n) is 9.22. The molecule has 0 bridgehead atoms. The quantitative estimate of drug-likeness (QED) is 0.411. The molecule has 144 valence electrons. The van der Waals surface area contributed by atoms with Crippen molar-refractivity contribution >= 4 is 17.7 Å². The molecular weight excluding hydrogens is 336 g/mol. The lowest BCUT2D eigenvalue weighted by Crippen LogP contribution is -2.17. The Hall–Kier alpha value is -2.66. The third kappa shape index (κ3) is 5.66. The van der Waals surface area contributed by atoms with Crippen molar-refractivity contribution in [1.82, 2.24) is 15.4 Å². The van der Waals surface area contributed by atoms with Gasteiger partial charge in [-0.15, -0.1) is 0 Å². The van der Waals surface area contributed by atoms with E-state index < -0.39 is 0 Å². The summed E-state index contributed by atoms with van der Waals surface area (Å²) in [5.74, 6) is 0. The lowest BCUT2D eigenvalue weighted by Gasteiger charge is -2.18. The highest BCUT2D eigenvalue weighted by Crippen LogP contribution is 2.26. The summed E-state index contributed by atoms with van der Waals surface area (Å²) in [5.41, 5.74) is 9.71. The average Bonchev–Trinajstić information content (AvgIpc) is 2.65. The van der Waals surface area contributed by atoms with Gasteiger partial charge in [-0.05, 0) is 70.0 Å². The Morgan fingerprint density at radius 1 is 1.30 bits per heavy atom. The van der Waals surface area contributed by atoms with Gasteiger partial charge in [-0.1, -0.05) is 12.6 Å². The maximum Gasteiger partial charge on any atom is 0.124 e. The largest absolute Gasteiger partial charge is 0.366 e. The fourth-order valence-corrected chi connectivity index (χ4v) is 2.57. The molecule has 0 spiro atoms. The van der Waals surface area contributed by atoms with Crippen molar-refractivity contribution < 1.29 is 4.84 Å². The minimum Gasteiger partial charge on any atom is -0.366 e. The molecule has 1 aromatic heterocycles. The zero-order valence-electron chi connectivity index (χ0n) is 17.2. The summed E-state index contributed by atoms with van der Waals surface area (Å²) in [6.45, 7) is 15.2. The molecular formula is C22H30N4O. The molecule has 1 unspecified atom stereocenters. The number of benzene rings is 1. The van der Waals surface area contributed by atoms with Crippen LogP contribution in [-0.2, 0) is 4.84 Å². The number of aromatic nitrogens is 1. The zero-order valence-corrected chi connectivity index (χ0v) is 17.2. The standard InChI is InChI=1S/C22H30N4O/c1-8-26(7)14-23-22-13-15(2)20(12-16(22)3)18(5)25-27-19(6)21-11-9-10-17(4)24-21/h9-14,19,25H,5,8H2,1-4,6-7H3. The van der Waals surface area contributed by atoms with E-state index >= 15 is 0 Å². The molecule has 27 heavy (non-hydrogen) atoms. The van der Waals surface area contributed by atoms with Gasteiger partial charge in [0.25, 0.3) is 0 Å². The second-order valence-electron chi connectivity index (χ2n) is 6.82. The van der Waals surface area contributed by atoms with Crippen molar-refractivity contribution in [3.63, 3.8) is 0 Å². The number of hydrogen-bond acceptors (Lipinski definition) is 4. The summed E-state index contributed by atoms with van der Waals surface area (Å²) in [4.78, 5) is 16.9. The van der Waals surface area contributed by atoms with Gasteiger partial charge in [0.05, 0.1) is 23.4 Å². The summed E-state index contributed by atoms with van der Waals surface area (Å²) in [7, 11) is 2.01. The van der Waals surface area contributed by atoms with Gasteiger partial charge in [0.2, 0.25) is 0 Å². The van der Waals surface area contributed by atoms with Gasteiger partial charge in [0.1, 0.15) is 6.10 Å². The molecule has 5 heteroatoms.